The number of nitrogens with one attached hydrogen (secondary N) is 1. The van der Waals surface area contributed by atoms with Crippen molar-refractivity contribution in [1.29, 1.82) is 0 Å². The van der Waals surface area contributed by atoms with Crippen LogP contribution in [0.2, 0.25) is 0 Å². The Balaban J connectivity index is 1.65. The van der Waals surface area contributed by atoms with Gasteiger partial charge in [-0.2, -0.15) is 4.31 Å². The molecule has 1 aliphatic heterocycles. The topological polar surface area (TPSA) is 49.4 Å². The van der Waals surface area contributed by atoms with Gasteiger partial charge in [-0.15, -0.1) is 11.3 Å². The minimum absolute atomic E-state index is 0.125. The second-order valence-electron chi connectivity index (χ2n) is 7.16. The second kappa shape index (κ2) is 7.85. The van der Waals surface area contributed by atoms with Gasteiger partial charge >= 0.3 is 0 Å². The minimum Gasteiger partial charge on any atom is -0.380 e. The summed E-state index contributed by atoms with van der Waals surface area (Å²) in [4.78, 5) is 0. The Kier molecular flexibility index (Phi) is 5.42. The number of thiophene rings is 1. The summed E-state index contributed by atoms with van der Waals surface area (Å²) in [5.74, 6) is -1.98. The van der Waals surface area contributed by atoms with Crippen LogP contribution in [0.15, 0.2) is 64.2 Å². The lowest BCUT2D eigenvalue weighted by Gasteiger charge is -2.21. The van der Waals surface area contributed by atoms with E-state index < -0.39 is 21.7 Å². The SMILES string of the molecule is Cc1csc(S(=O)(=O)N2CC(Nc3ccc(F)c(F)c3)C(c3ccccc3)C2)c1. The van der Waals surface area contributed by atoms with Crippen LogP contribution in [0.4, 0.5) is 14.5 Å². The Bertz CT molecular complexity index is 1120. The zero-order valence-corrected chi connectivity index (χ0v) is 17.3. The van der Waals surface area contributed by atoms with Crippen molar-refractivity contribution in [3.63, 3.8) is 0 Å². The number of benzene rings is 2. The zero-order chi connectivity index (χ0) is 20.6. The van der Waals surface area contributed by atoms with Gasteiger partial charge in [0.25, 0.3) is 10.0 Å². The minimum atomic E-state index is -3.62. The molecule has 2 unspecified atom stereocenters. The first-order chi connectivity index (χ1) is 13.8. The molecule has 2 heterocycles. The molecule has 4 rings (SSSR count). The molecule has 1 saturated heterocycles. The van der Waals surface area contributed by atoms with Crippen molar-refractivity contribution in [3.05, 3.63) is 82.7 Å². The highest BCUT2D eigenvalue weighted by Crippen LogP contribution is 2.35. The van der Waals surface area contributed by atoms with E-state index in [0.29, 0.717) is 16.4 Å². The van der Waals surface area contributed by atoms with E-state index in [4.69, 9.17) is 0 Å². The third-order valence-electron chi connectivity index (χ3n) is 5.09. The fourth-order valence-electron chi connectivity index (χ4n) is 3.62. The van der Waals surface area contributed by atoms with Crippen LogP contribution in [0.3, 0.4) is 0 Å². The summed E-state index contributed by atoms with van der Waals surface area (Å²) in [5.41, 5.74) is 2.32. The van der Waals surface area contributed by atoms with Gasteiger partial charge in [-0.3, -0.25) is 0 Å². The number of nitrogens with zero attached hydrogens (tertiary/aromatic N) is 1. The number of rotatable bonds is 5. The van der Waals surface area contributed by atoms with E-state index in [1.807, 2.05) is 42.6 Å². The number of aryl methyl sites for hydroxylation is 1. The van der Waals surface area contributed by atoms with E-state index in [-0.39, 0.29) is 18.5 Å². The van der Waals surface area contributed by atoms with Gasteiger partial charge in [0.1, 0.15) is 4.21 Å². The number of halogens is 2. The summed E-state index contributed by atoms with van der Waals surface area (Å²) >= 11 is 1.21. The van der Waals surface area contributed by atoms with Crippen LogP contribution >= 0.6 is 11.3 Å². The first-order valence-corrected chi connectivity index (χ1v) is 11.5. The quantitative estimate of drug-likeness (QED) is 0.638. The highest BCUT2D eigenvalue weighted by molar-refractivity contribution is 7.91. The van der Waals surface area contributed by atoms with Gasteiger partial charge in [0, 0.05) is 36.8 Å². The fourth-order valence-corrected chi connectivity index (χ4v) is 6.49. The van der Waals surface area contributed by atoms with Crippen LogP contribution in [-0.4, -0.2) is 31.9 Å². The maximum Gasteiger partial charge on any atom is 0.252 e. The molecular formula is C21H20F2N2O2S2. The van der Waals surface area contributed by atoms with Gasteiger partial charge < -0.3 is 5.32 Å². The lowest BCUT2D eigenvalue weighted by Crippen LogP contribution is -2.31. The first kappa shape index (κ1) is 20.0. The molecule has 2 aromatic carbocycles. The summed E-state index contributed by atoms with van der Waals surface area (Å²) in [6.45, 7) is 2.40. The molecule has 0 spiro atoms. The molecule has 0 aliphatic carbocycles. The van der Waals surface area contributed by atoms with Crippen molar-refractivity contribution in [2.45, 2.75) is 23.1 Å². The maximum absolute atomic E-state index is 13.6. The van der Waals surface area contributed by atoms with Crippen LogP contribution < -0.4 is 5.32 Å². The van der Waals surface area contributed by atoms with Crippen LogP contribution in [0.1, 0.15) is 17.0 Å². The van der Waals surface area contributed by atoms with Crippen molar-refractivity contribution in [2.24, 2.45) is 0 Å². The molecule has 1 fully saturated rings. The second-order valence-corrected chi connectivity index (χ2v) is 10.2. The third kappa shape index (κ3) is 4.05. The molecule has 0 radical (unpaired) electrons. The Labute approximate surface area is 172 Å². The van der Waals surface area contributed by atoms with Gasteiger partial charge in [-0.05, 0) is 41.6 Å². The van der Waals surface area contributed by atoms with Crippen LogP contribution in [0.25, 0.3) is 0 Å². The number of hydrogen-bond donors (Lipinski definition) is 1. The largest absolute Gasteiger partial charge is 0.380 e. The summed E-state index contributed by atoms with van der Waals surface area (Å²) in [6.07, 6.45) is 0. The first-order valence-electron chi connectivity index (χ1n) is 9.16. The van der Waals surface area contributed by atoms with E-state index in [1.54, 1.807) is 6.07 Å². The molecule has 8 heteroatoms. The molecule has 0 saturated carbocycles. The molecular weight excluding hydrogens is 414 g/mol. The van der Waals surface area contributed by atoms with Crippen molar-refractivity contribution in [1.82, 2.24) is 4.31 Å². The highest BCUT2D eigenvalue weighted by atomic mass is 32.2. The number of hydrogen-bond acceptors (Lipinski definition) is 4. The average Bonchev–Trinajstić information content (AvgIpc) is 3.33. The summed E-state index contributed by atoms with van der Waals surface area (Å²) in [5, 5.41) is 5.02. The molecule has 0 amide bonds. The Morgan fingerprint density at radius 1 is 1.03 bits per heavy atom. The van der Waals surface area contributed by atoms with Gasteiger partial charge in [-0.1, -0.05) is 30.3 Å². The lowest BCUT2D eigenvalue weighted by atomic mass is 9.94. The fraction of sp³-hybridized carbons (Fsp3) is 0.238. The van der Waals surface area contributed by atoms with Gasteiger partial charge in [-0.25, -0.2) is 17.2 Å². The van der Waals surface area contributed by atoms with Crippen molar-refractivity contribution in [3.8, 4) is 0 Å². The maximum atomic E-state index is 13.6. The van der Waals surface area contributed by atoms with Crippen LogP contribution in [-0.2, 0) is 10.0 Å². The molecule has 152 valence electrons. The van der Waals surface area contributed by atoms with Crippen molar-refractivity contribution < 1.29 is 17.2 Å². The zero-order valence-electron chi connectivity index (χ0n) is 15.7. The van der Waals surface area contributed by atoms with Crippen molar-refractivity contribution in [2.75, 3.05) is 18.4 Å². The molecule has 4 nitrogen and oxygen atoms in total. The molecule has 0 bridgehead atoms. The van der Waals surface area contributed by atoms with E-state index in [1.165, 1.54) is 21.7 Å². The standard InChI is InChI=1S/C21H20F2N2O2S2/c1-14-9-21(28-13-14)29(26,27)25-11-17(15-5-3-2-4-6-15)20(12-25)24-16-7-8-18(22)19(23)10-16/h2-10,13,17,20,24H,11-12H2,1H3. The van der Waals surface area contributed by atoms with Crippen LogP contribution in [0, 0.1) is 18.6 Å². The Hall–Kier alpha value is -2.29. The number of sulfonamides is 1. The molecule has 2 atom stereocenters. The smallest absolute Gasteiger partial charge is 0.252 e. The monoisotopic (exact) mass is 434 g/mol. The van der Waals surface area contributed by atoms with Crippen LogP contribution in [0.5, 0.6) is 0 Å². The van der Waals surface area contributed by atoms with Crippen molar-refractivity contribution >= 4 is 27.0 Å². The van der Waals surface area contributed by atoms with E-state index in [9.17, 15) is 17.2 Å². The summed E-state index contributed by atoms with van der Waals surface area (Å²) in [7, 11) is -3.62. The summed E-state index contributed by atoms with van der Waals surface area (Å²) in [6, 6.07) is 14.6. The van der Waals surface area contributed by atoms with E-state index >= 15 is 0 Å². The highest BCUT2D eigenvalue weighted by Gasteiger charge is 2.40. The van der Waals surface area contributed by atoms with Gasteiger partial charge in [0.05, 0.1) is 0 Å². The predicted octanol–water partition coefficient (Wildman–Crippen LogP) is 4.60. The molecule has 29 heavy (non-hydrogen) atoms. The Morgan fingerprint density at radius 2 is 1.79 bits per heavy atom. The third-order valence-corrected chi connectivity index (χ3v) is 8.45. The number of anilines is 1. The van der Waals surface area contributed by atoms with E-state index in [0.717, 1.165) is 23.3 Å². The predicted molar refractivity (Wildman–Crippen MR) is 111 cm³/mol. The van der Waals surface area contributed by atoms with Gasteiger partial charge in [0.2, 0.25) is 0 Å². The lowest BCUT2D eigenvalue weighted by molar-refractivity contribution is 0.473. The molecule has 1 aromatic heterocycles. The molecule has 1 aliphatic rings. The van der Waals surface area contributed by atoms with Gasteiger partial charge in [0.15, 0.2) is 11.6 Å². The molecule has 3 aromatic rings. The van der Waals surface area contributed by atoms with E-state index in [2.05, 4.69) is 5.32 Å². The average molecular weight is 435 g/mol. The Morgan fingerprint density at radius 3 is 2.45 bits per heavy atom. The normalized spacial score (nSPS) is 20.1. The summed E-state index contributed by atoms with van der Waals surface area (Å²) < 4.78 is 54.9. The molecule has 1 N–H and O–H groups in total.